The highest BCUT2D eigenvalue weighted by atomic mass is 16.3. The van der Waals surface area contributed by atoms with Gasteiger partial charge in [0.2, 0.25) is 0 Å². The maximum absolute atomic E-state index is 9.42. The normalized spacial score (nSPS) is 37.9. The summed E-state index contributed by atoms with van der Waals surface area (Å²) in [6, 6.07) is 0.766. The SMILES string of the molecule is O[C@H]1CNC[C@H]1CNC1CC1. The van der Waals surface area contributed by atoms with Gasteiger partial charge in [0.05, 0.1) is 6.10 Å². The number of aliphatic hydroxyl groups is 1. The fourth-order valence-corrected chi connectivity index (χ4v) is 1.53. The zero-order valence-corrected chi connectivity index (χ0v) is 6.71. The van der Waals surface area contributed by atoms with E-state index in [0.717, 1.165) is 25.7 Å². The highest BCUT2D eigenvalue weighted by Crippen LogP contribution is 2.19. The van der Waals surface area contributed by atoms with Crippen LogP contribution in [0, 0.1) is 5.92 Å². The Kier molecular flexibility index (Phi) is 2.11. The van der Waals surface area contributed by atoms with Gasteiger partial charge in [-0.25, -0.2) is 0 Å². The van der Waals surface area contributed by atoms with Crippen molar-refractivity contribution in [3.05, 3.63) is 0 Å². The zero-order valence-electron chi connectivity index (χ0n) is 6.71. The molecular weight excluding hydrogens is 140 g/mol. The minimum Gasteiger partial charge on any atom is -0.391 e. The van der Waals surface area contributed by atoms with Crippen LogP contribution < -0.4 is 10.6 Å². The molecule has 3 N–H and O–H groups in total. The van der Waals surface area contributed by atoms with Crippen molar-refractivity contribution in [2.75, 3.05) is 19.6 Å². The van der Waals surface area contributed by atoms with Gasteiger partial charge in [0.15, 0.2) is 0 Å². The van der Waals surface area contributed by atoms with E-state index in [1.807, 2.05) is 0 Å². The Bertz CT molecular complexity index is 136. The standard InChI is InChI=1S/C8H16N2O/c11-8-5-9-3-6(8)4-10-7-1-2-7/h6-11H,1-5H2/t6-,8-/m0/s1. The third-order valence-electron chi connectivity index (χ3n) is 2.55. The van der Waals surface area contributed by atoms with Crippen LogP contribution in [0.2, 0.25) is 0 Å². The summed E-state index contributed by atoms with van der Waals surface area (Å²) in [5.41, 5.74) is 0. The number of aliphatic hydroxyl groups excluding tert-OH is 1. The van der Waals surface area contributed by atoms with Gasteiger partial charge in [-0.3, -0.25) is 0 Å². The number of hydrogen-bond donors (Lipinski definition) is 3. The van der Waals surface area contributed by atoms with Gasteiger partial charge in [0.25, 0.3) is 0 Å². The summed E-state index contributed by atoms with van der Waals surface area (Å²) >= 11 is 0. The van der Waals surface area contributed by atoms with E-state index in [-0.39, 0.29) is 6.10 Å². The van der Waals surface area contributed by atoms with Gasteiger partial charge in [0, 0.05) is 31.6 Å². The quantitative estimate of drug-likeness (QED) is 0.507. The lowest BCUT2D eigenvalue weighted by atomic mass is 10.1. The van der Waals surface area contributed by atoms with Gasteiger partial charge in [-0.2, -0.15) is 0 Å². The highest BCUT2D eigenvalue weighted by Gasteiger charge is 2.27. The first-order valence-electron chi connectivity index (χ1n) is 4.48. The molecule has 2 atom stereocenters. The Balaban J connectivity index is 1.67. The van der Waals surface area contributed by atoms with Gasteiger partial charge < -0.3 is 15.7 Å². The second-order valence-electron chi connectivity index (χ2n) is 3.67. The summed E-state index contributed by atoms with van der Waals surface area (Å²) in [6.07, 6.45) is 2.54. The predicted molar refractivity (Wildman–Crippen MR) is 43.4 cm³/mol. The minimum absolute atomic E-state index is 0.124. The topological polar surface area (TPSA) is 44.3 Å². The molecule has 0 aromatic heterocycles. The van der Waals surface area contributed by atoms with E-state index in [1.165, 1.54) is 12.8 Å². The molecule has 3 nitrogen and oxygen atoms in total. The summed E-state index contributed by atoms with van der Waals surface area (Å²) in [5.74, 6) is 0.440. The number of rotatable bonds is 3. The van der Waals surface area contributed by atoms with Crippen molar-refractivity contribution in [2.24, 2.45) is 5.92 Å². The highest BCUT2D eigenvalue weighted by molar-refractivity contribution is 4.86. The fourth-order valence-electron chi connectivity index (χ4n) is 1.53. The smallest absolute Gasteiger partial charge is 0.0716 e. The molecule has 0 aromatic carbocycles. The summed E-state index contributed by atoms with van der Waals surface area (Å²) in [4.78, 5) is 0. The molecule has 0 radical (unpaired) electrons. The van der Waals surface area contributed by atoms with Crippen LogP contribution in [-0.2, 0) is 0 Å². The van der Waals surface area contributed by atoms with Crippen LogP contribution in [-0.4, -0.2) is 36.9 Å². The maximum Gasteiger partial charge on any atom is 0.0716 e. The molecule has 0 bridgehead atoms. The molecule has 1 saturated heterocycles. The van der Waals surface area contributed by atoms with E-state index in [1.54, 1.807) is 0 Å². The Hall–Kier alpha value is -0.120. The van der Waals surface area contributed by atoms with E-state index in [2.05, 4.69) is 10.6 Å². The fraction of sp³-hybridized carbons (Fsp3) is 1.00. The predicted octanol–water partition coefficient (Wildman–Crippen LogP) is -0.681. The van der Waals surface area contributed by atoms with Crippen LogP contribution in [0.5, 0.6) is 0 Å². The summed E-state index contributed by atoms with van der Waals surface area (Å²) < 4.78 is 0. The lowest BCUT2D eigenvalue weighted by molar-refractivity contribution is 0.146. The average molecular weight is 156 g/mol. The lowest BCUT2D eigenvalue weighted by Gasteiger charge is -2.13. The Morgan fingerprint density at radius 1 is 1.36 bits per heavy atom. The minimum atomic E-state index is -0.124. The average Bonchev–Trinajstić information content (AvgIpc) is 2.73. The van der Waals surface area contributed by atoms with E-state index >= 15 is 0 Å². The van der Waals surface area contributed by atoms with Gasteiger partial charge in [-0.1, -0.05) is 0 Å². The largest absolute Gasteiger partial charge is 0.391 e. The van der Waals surface area contributed by atoms with E-state index in [0.29, 0.717) is 5.92 Å². The van der Waals surface area contributed by atoms with Gasteiger partial charge in [-0.15, -0.1) is 0 Å². The van der Waals surface area contributed by atoms with E-state index < -0.39 is 0 Å². The van der Waals surface area contributed by atoms with Crippen LogP contribution in [0.3, 0.4) is 0 Å². The van der Waals surface area contributed by atoms with Crippen LogP contribution >= 0.6 is 0 Å². The van der Waals surface area contributed by atoms with Crippen molar-refractivity contribution in [1.29, 1.82) is 0 Å². The van der Waals surface area contributed by atoms with Crippen LogP contribution in [0.4, 0.5) is 0 Å². The van der Waals surface area contributed by atoms with Crippen molar-refractivity contribution in [3.8, 4) is 0 Å². The molecular formula is C8H16N2O. The van der Waals surface area contributed by atoms with Crippen molar-refractivity contribution >= 4 is 0 Å². The summed E-state index contributed by atoms with van der Waals surface area (Å²) in [7, 11) is 0. The van der Waals surface area contributed by atoms with Gasteiger partial charge in [-0.05, 0) is 12.8 Å². The molecule has 1 saturated carbocycles. The van der Waals surface area contributed by atoms with E-state index in [4.69, 9.17) is 0 Å². The zero-order chi connectivity index (χ0) is 7.68. The Morgan fingerprint density at radius 2 is 2.18 bits per heavy atom. The molecule has 0 spiro atoms. The Morgan fingerprint density at radius 3 is 2.73 bits per heavy atom. The third kappa shape index (κ3) is 1.92. The molecule has 0 unspecified atom stereocenters. The molecule has 0 aromatic rings. The molecule has 2 aliphatic rings. The van der Waals surface area contributed by atoms with Crippen molar-refractivity contribution in [1.82, 2.24) is 10.6 Å². The lowest BCUT2D eigenvalue weighted by Crippen LogP contribution is -2.31. The molecule has 1 aliphatic heterocycles. The van der Waals surface area contributed by atoms with Crippen molar-refractivity contribution in [3.63, 3.8) is 0 Å². The molecule has 0 amide bonds. The molecule has 1 aliphatic carbocycles. The van der Waals surface area contributed by atoms with Gasteiger partial charge in [0.1, 0.15) is 0 Å². The third-order valence-corrected chi connectivity index (χ3v) is 2.55. The monoisotopic (exact) mass is 156 g/mol. The molecule has 11 heavy (non-hydrogen) atoms. The number of β-amino-alcohol motifs (C(OH)–C–C–N with tert-alkyl or cyclic N) is 1. The van der Waals surface area contributed by atoms with Crippen LogP contribution in [0.15, 0.2) is 0 Å². The molecule has 1 heterocycles. The van der Waals surface area contributed by atoms with E-state index in [9.17, 15) is 5.11 Å². The molecule has 64 valence electrons. The van der Waals surface area contributed by atoms with Crippen molar-refractivity contribution < 1.29 is 5.11 Å². The van der Waals surface area contributed by atoms with Crippen LogP contribution in [0.1, 0.15) is 12.8 Å². The van der Waals surface area contributed by atoms with Gasteiger partial charge >= 0.3 is 0 Å². The summed E-state index contributed by atoms with van der Waals surface area (Å²) in [5, 5.41) is 16.0. The Labute approximate surface area is 67.2 Å². The second-order valence-corrected chi connectivity index (χ2v) is 3.67. The molecule has 2 fully saturated rings. The van der Waals surface area contributed by atoms with Crippen LogP contribution in [0.25, 0.3) is 0 Å². The number of hydrogen-bond acceptors (Lipinski definition) is 3. The first-order chi connectivity index (χ1) is 5.36. The first-order valence-corrected chi connectivity index (χ1v) is 4.48. The molecule has 3 heteroatoms. The maximum atomic E-state index is 9.42. The van der Waals surface area contributed by atoms with Crippen molar-refractivity contribution in [2.45, 2.75) is 25.0 Å². The first kappa shape index (κ1) is 7.53. The summed E-state index contributed by atoms with van der Waals surface area (Å²) in [6.45, 7) is 2.73. The second kappa shape index (κ2) is 3.09. The number of nitrogens with one attached hydrogen (secondary N) is 2. The molecule has 2 rings (SSSR count).